The molecule has 19 aromatic carbocycles. The molecule has 0 fully saturated rings. The molecule has 0 aliphatic rings. The van der Waals surface area contributed by atoms with Crippen molar-refractivity contribution in [1.29, 1.82) is 10.5 Å². The van der Waals surface area contributed by atoms with Crippen LogP contribution in [0.15, 0.2) is 420 Å². The van der Waals surface area contributed by atoms with Crippen LogP contribution in [0.1, 0.15) is 11.1 Å². The Hall–Kier alpha value is -17.4. The normalized spacial score (nSPS) is 12.0. The molecule has 0 aliphatic carbocycles. The molecule has 0 atom stereocenters. The monoisotopic (exact) mass is 1610 g/mol. The van der Waals surface area contributed by atoms with Crippen molar-refractivity contribution in [1.82, 2.24) is 22.8 Å². The van der Waals surface area contributed by atoms with Gasteiger partial charge in [0.05, 0.1) is 83.1 Å². The zero-order valence-electron chi connectivity index (χ0n) is 67.5. The lowest BCUT2D eigenvalue weighted by atomic mass is 9.92. The number of fused-ring (bicyclic) bond motifs is 27. The number of furan rings is 3. The number of hydrogen-bond donors (Lipinski definition) is 0. The van der Waals surface area contributed by atoms with Gasteiger partial charge in [0.1, 0.15) is 39.6 Å². The summed E-state index contributed by atoms with van der Waals surface area (Å²) >= 11 is 0. The molecule has 27 rings (SSSR count). The van der Waals surface area contributed by atoms with E-state index in [2.05, 4.69) is 356 Å². The maximum absolute atomic E-state index is 11.1. The first-order chi connectivity index (χ1) is 62.4. The summed E-state index contributed by atoms with van der Waals surface area (Å²) in [5.74, 6) is 0. The average molecular weight is 1610 g/mol. The molecule has 10 nitrogen and oxygen atoms in total. The van der Waals surface area contributed by atoms with E-state index in [0.717, 1.165) is 221 Å². The van der Waals surface area contributed by atoms with E-state index in [-0.39, 0.29) is 0 Å². The summed E-state index contributed by atoms with van der Waals surface area (Å²) in [6.07, 6.45) is 0. The SMILES string of the molecule is N#Cc1c(-c2ccccc2)cccc1-c1cc(-n2c3ccccc3c3cc4c(cc32)oc2ccccc24)cc(-n2c3ccccc3c3c2ccc2c4ccccc4n(-c4ccccc4)c23)c1.N#Cc1cc(-c2ccccc2)cc(-c2cc(-n3c4ccccc4c4c5oc6ccccc6c5ccc43)cc(-n3c4ccccc4c4c5oc6ccccc6c5ccc43)c2)c1. The van der Waals surface area contributed by atoms with Crippen LogP contribution in [0.3, 0.4) is 0 Å². The smallest absolute Gasteiger partial charge is 0.145 e. The fraction of sp³-hybridized carbons (Fsp3) is 0. The Kier molecular flexibility index (Phi) is 15.4. The summed E-state index contributed by atoms with van der Waals surface area (Å²) in [5.41, 5.74) is 30.1. The number of aromatic nitrogens is 5. The third kappa shape index (κ3) is 10.5. The van der Waals surface area contributed by atoms with Gasteiger partial charge in [0.2, 0.25) is 0 Å². The van der Waals surface area contributed by atoms with Gasteiger partial charge in [0.15, 0.2) is 0 Å². The first-order valence-corrected chi connectivity index (χ1v) is 42.5. The van der Waals surface area contributed by atoms with Gasteiger partial charge < -0.3 is 36.1 Å². The molecule has 0 bridgehead atoms. The van der Waals surface area contributed by atoms with Crippen molar-refractivity contribution >= 4 is 175 Å². The lowest BCUT2D eigenvalue weighted by Gasteiger charge is -2.17. The highest BCUT2D eigenvalue weighted by Gasteiger charge is 2.28. The predicted molar refractivity (Wildman–Crippen MR) is 518 cm³/mol. The molecule has 0 saturated heterocycles. The van der Waals surface area contributed by atoms with Crippen LogP contribution in [0.25, 0.3) is 248 Å². The second-order valence-corrected chi connectivity index (χ2v) is 32.7. The zero-order valence-corrected chi connectivity index (χ0v) is 67.5. The molecule has 0 radical (unpaired) electrons. The molecule has 10 heteroatoms. The van der Waals surface area contributed by atoms with E-state index in [9.17, 15) is 10.5 Å². The Morgan fingerprint density at radius 1 is 0.190 bits per heavy atom. The molecule has 27 aromatic rings. The Bertz CT molecular complexity index is 9190. The maximum atomic E-state index is 11.1. The molecule has 584 valence electrons. The fourth-order valence-corrected chi connectivity index (χ4v) is 20.6. The van der Waals surface area contributed by atoms with Gasteiger partial charge in [0.25, 0.3) is 0 Å². The van der Waals surface area contributed by atoms with E-state index in [0.29, 0.717) is 11.1 Å². The van der Waals surface area contributed by atoms with Crippen LogP contribution < -0.4 is 0 Å². The highest BCUT2D eigenvalue weighted by molar-refractivity contribution is 6.28. The standard InChI is InChI=1S/C61H36N4O.C55H31N3O2/c62-37-52-43(38-16-3-1-4-17-38)24-15-25-44(52)39-32-41(34-42(33-39)64-53-26-11-8-21-46(53)50-35-51-47-22-10-14-29-58(47)66-59(51)36-57(50)64)63-55-28-13-9-23-49(55)60-56(63)31-30-48-45-20-7-12-27-54(45)65(61(48)60)40-18-5-2-6-19-40;56-32-33-26-35(34-12-2-1-3-13-34)28-36(27-33)37-29-38(57-46-18-8-4-16-44(46)52-48(57)24-22-42-40-14-6-10-20-50(40)59-54(42)52)31-39(30-37)58-47-19-9-5-17-45(47)53-49(58)25-23-43-41-15-7-11-21-51(41)60-55(43)53/h1-36H;1-31H. The summed E-state index contributed by atoms with van der Waals surface area (Å²) in [7, 11) is 0. The highest BCUT2D eigenvalue weighted by Crippen LogP contribution is 2.49. The maximum Gasteiger partial charge on any atom is 0.145 e. The van der Waals surface area contributed by atoms with Crippen LogP contribution in [-0.2, 0) is 0 Å². The summed E-state index contributed by atoms with van der Waals surface area (Å²) in [6.45, 7) is 0. The summed E-state index contributed by atoms with van der Waals surface area (Å²) in [5, 5.41) is 39.5. The molecule has 0 aliphatic heterocycles. The minimum atomic E-state index is 0.603. The second-order valence-electron chi connectivity index (χ2n) is 32.7. The summed E-state index contributed by atoms with van der Waals surface area (Å²) < 4.78 is 31.8. The largest absolute Gasteiger partial charge is 0.456 e. The van der Waals surface area contributed by atoms with E-state index >= 15 is 0 Å². The van der Waals surface area contributed by atoms with E-state index in [1.165, 1.54) is 27.2 Å². The molecule has 126 heavy (non-hydrogen) atoms. The second kappa shape index (κ2) is 27.5. The van der Waals surface area contributed by atoms with Gasteiger partial charge in [-0.15, -0.1) is 0 Å². The van der Waals surface area contributed by atoms with Crippen LogP contribution in [0.4, 0.5) is 0 Å². The zero-order chi connectivity index (χ0) is 82.9. The number of hydrogen-bond acceptors (Lipinski definition) is 5. The van der Waals surface area contributed by atoms with Crippen LogP contribution in [0.5, 0.6) is 0 Å². The lowest BCUT2D eigenvalue weighted by molar-refractivity contribution is 0.669. The number of rotatable bonds is 9. The van der Waals surface area contributed by atoms with Gasteiger partial charge in [-0.3, -0.25) is 0 Å². The summed E-state index contributed by atoms with van der Waals surface area (Å²) in [4.78, 5) is 0. The number of nitrogens with zero attached hydrogens (tertiary/aromatic N) is 7. The minimum Gasteiger partial charge on any atom is -0.456 e. The van der Waals surface area contributed by atoms with Gasteiger partial charge in [0, 0.05) is 121 Å². The molecule has 0 spiro atoms. The van der Waals surface area contributed by atoms with Gasteiger partial charge in [-0.2, -0.15) is 10.5 Å². The van der Waals surface area contributed by atoms with E-state index in [1.807, 2.05) is 84.9 Å². The predicted octanol–water partition coefficient (Wildman–Crippen LogP) is 31.0. The first kappa shape index (κ1) is 70.4. The van der Waals surface area contributed by atoms with Gasteiger partial charge >= 0.3 is 0 Å². The quantitative estimate of drug-likeness (QED) is 0.143. The van der Waals surface area contributed by atoms with Crippen molar-refractivity contribution in [2.45, 2.75) is 0 Å². The number of para-hydroxylation sites is 9. The topological polar surface area (TPSA) is 112 Å². The average Bonchev–Trinajstić information content (AvgIpc) is 1.56. The molecule has 0 saturated carbocycles. The minimum absolute atomic E-state index is 0.603. The Balaban J connectivity index is 0.000000135. The van der Waals surface area contributed by atoms with Crippen molar-refractivity contribution in [3.05, 3.63) is 418 Å². The third-order valence-electron chi connectivity index (χ3n) is 25.9. The van der Waals surface area contributed by atoms with Crippen molar-refractivity contribution in [2.24, 2.45) is 0 Å². The molecule has 0 N–H and O–H groups in total. The van der Waals surface area contributed by atoms with Gasteiger partial charge in [-0.25, -0.2) is 0 Å². The van der Waals surface area contributed by atoms with Crippen molar-refractivity contribution < 1.29 is 13.3 Å². The Morgan fingerprint density at radius 2 is 0.571 bits per heavy atom. The number of nitriles is 2. The van der Waals surface area contributed by atoms with Crippen LogP contribution in [-0.4, -0.2) is 22.8 Å². The molecule has 0 amide bonds. The first-order valence-electron chi connectivity index (χ1n) is 42.5. The molecule has 8 aromatic heterocycles. The Morgan fingerprint density at radius 3 is 1.10 bits per heavy atom. The Labute approximate surface area is 719 Å². The van der Waals surface area contributed by atoms with E-state index in [1.54, 1.807) is 0 Å². The van der Waals surface area contributed by atoms with Crippen LogP contribution in [0.2, 0.25) is 0 Å². The van der Waals surface area contributed by atoms with Crippen molar-refractivity contribution in [3.8, 4) is 85.1 Å². The van der Waals surface area contributed by atoms with Crippen molar-refractivity contribution in [2.75, 3.05) is 0 Å². The third-order valence-corrected chi connectivity index (χ3v) is 25.9. The molecule has 0 unspecified atom stereocenters. The lowest BCUT2D eigenvalue weighted by Crippen LogP contribution is -2.01. The van der Waals surface area contributed by atoms with Crippen molar-refractivity contribution in [3.63, 3.8) is 0 Å². The highest BCUT2D eigenvalue weighted by atomic mass is 16.3. The van der Waals surface area contributed by atoms with Gasteiger partial charge in [-0.1, -0.05) is 249 Å². The summed E-state index contributed by atoms with van der Waals surface area (Å²) in [6, 6.07) is 148. The number of benzene rings is 19. The molecule has 8 heterocycles. The molecular formula is C116H67N7O3. The molecular weight excluding hydrogens is 1540 g/mol. The fourth-order valence-electron chi connectivity index (χ4n) is 20.6. The van der Waals surface area contributed by atoms with Crippen LogP contribution in [0, 0.1) is 22.7 Å². The van der Waals surface area contributed by atoms with E-state index < -0.39 is 0 Å². The van der Waals surface area contributed by atoms with Crippen LogP contribution >= 0.6 is 0 Å². The van der Waals surface area contributed by atoms with E-state index in [4.69, 9.17) is 13.3 Å². The van der Waals surface area contributed by atoms with Gasteiger partial charge in [-0.05, 0) is 185 Å².